The van der Waals surface area contributed by atoms with E-state index in [2.05, 4.69) is 49.6 Å². The lowest BCUT2D eigenvalue weighted by atomic mass is 10.1. The van der Waals surface area contributed by atoms with E-state index < -0.39 is 0 Å². The van der Waals surface area contributed by atoms with Gasteiger partial charge in [-0.3, -0.25) is 4.79 Å². The van der Waals surface area contributed by atoms with Gasteiger partial charge < -0.3 is 14.2 Å². The number of hydrogen-bond acceptors (Lipinski definition) is 3. The Kier molecular flexibility index (Phi) is 6.07. The highest BCUT2D eigenvalue weighted by atomic mass is 16.5. The molecule has 0 saturated carbocycles. The van der Waals surface area contributed by atoms with Crippen LogP contribution in [0.2, 0.25) is 0 Å². The molecule has 5 nitrogen and oxygen atoms in total. The summed E-state index contributed by atoms with van der Waals surface area (Å²) in [5.74, 6) is 2.30. The second-order valence-electron chi connectivity index (χ2n) is 8.38. The first kappa shape index (κ1) is 20.5. The van der Waals surface area contributed by atoms with Gasteiger partial charge in [-0.1, -0.05) is 31.5 Å². The van der Waals surface area contributed by atoms with Crippen LogP contribution in [-0.2, 0) is 11.3 Å². The topological polar surface area (TPSA) is 47.4 Å². The van der Waals surface area contributed by atoms with Crippen LogP contribution in [0.3, 0.4) is 0 Å². The molecule has 2 aromatic carbocycles. The molecule has 0 aliphatic carbocycles. The van der Waals surface area contributed by atoms with E-state index in [-0.39, 0.29) is 11.8 Å². The minimum absolute atomic E-state index is 0.142. The van der Waals surface area contributed by atoms with E-state index in [0.717, 1.165) is 48.5 Å². The Morgan fingerprint density at radius 2 is 1.87 bits per heavy atom. The molecule has 1 aromatic heterocycles. The predicted octanol–water partition coefficient (Wildman–Crippen LogP) is 4.85. The standard InChI is InChI=1S/C25H31N3O2/c1-4-5-10-27-17-20(16-24(27)29)25-26-22-8-6-7-9-23(22)28(25)11-12-30-21-14-18(2)13-19(3)15-21/h6-9,13-15,20H,4-5,10-12,16-17H2,1-3H3/t20-/m1/s1. The smallest absolute Gasteiger partial charge is 0.223 e. The molecule has 0 N–H and O–H groups in total. The normalized spacial score (nSPS) is 16.6. The highest BCUT2D eigenvalue weighted by Gasteiger charge is 2.33. The van der Waals surface area contributed by atoms with Gasteiger partial charge in [0.1, 0.15) is 18.2 Å². The molecule has 0 unspecified atom stereocenters. The van der Waals surface area contributed by atoms with Crippen molar-refractivity contribution >= 4 is 16.9 Å². The number of rotatable bonds is 8. The van der Waals surface area contributed by atoms with Crippen LogP contribution in [0.25, 0.3) is 11.0 Å². The molecule has 0 spiro atoms. The van der Waals surface area contributed by atoms with Crippen LogP contribution < -0.4 is 4.74 Å². The van der Waals surface area contributed by atoms with Gasteiger partial charge in [0, 0.05) is 25.4 Å². The number of carbonyl (C=O) groups is 1. The number of para-hydroxylation sites is 2. The van der Waals surface area contributed by atoms with Gasteiger partial charge in [0.25, 0.3) is 0 Å². The molecular formula is C25H31N3O2. The molecule has 1 fully saturated rings. The Bertz CT molecular complexity index is 1020. The summed E-state index contributed by atoms with van der Waals surface area (Å²) in [5, 5.41) is 0. The second-order valence-corrected chi connectivity index (χ2v) is 8.38. The van der Waals surface area contributed by atoms with Gasteiger partial charge >= 0.3 is 0 Å². The summed E-state index contributed by atoms with van der Waals surface area (Å²) in [4.78, 5) is 19.4. The Balaban J connectivity index is 1.54. The first-order chi connectivity index (χ1) is 14.5. The molecule has 30 heavy (non-hydrogen) atoms. The first-order valence-corrected chi connectivity index (χ1v) is 11.0. The van der Waals surface area contributed by atoms with Crippen LogP contribution >= 0.6 is 0 Å². The number of imidazole rings is 1. The fourth-order valence-electron chi connectivity index (χ4n) is 4.42. The molecule has 158 valence electrons. The largest absolute Gasteiger partial charge is 0.492 e. The number of fused-ring (bicyclic) bond motifs is 1. The summed E-state index contributed by atoms with van der Waals surface area (Å²) >= 11 is 0. The van der Waals surface area contributed by atoms with Crippen molar-refractivity contribution in [2.24, 2.45) is 0 Å². The van der Waals surface area contributed by atoms with Gasteiger partial charge in [0.05, 0.1) is 17.6 Å². The maximum Gasteiger partial charge on any atom is 0.223 e. The highest BCUT2D eigenvalue weighted by molar-refractivity contribution is 5.80. The molecule has 1 aliphatic rings. The molecule has 4 rings (SSSR count). The summed E-state index contributed by atoms with van der Waals surface area (Å²) in [6.45, 7) is 9.22. The van der Waals surface area contributed by atoms with Gasteiger partial charge in [-0.15, -0.1) is 0 Å². The van der Waals surface area contributed by atoms with E-state index in [4.69, 9.17) is 9.72 Å². The van der Waals surface area contributed by atoms with Crippen LogP contribution in [0, 0.1) is 13.8 Å². The molecular weight excluding hydrogens is 374 g/mol. The van der Waals surface area contributed by atoms with E-state index in [1.54, 1.807) is 0 Å². The molecule has 2 heterocycles. The summed E-state index contributed by atoms with van der Waals surface area (Å²) in [6.07, 6.45) is 2.70. The van der Waals surface area contributed by atoms with Gasteiger partial charge in [0.15, 0.2) is 0 Å². The van der Waals surface area contributed by atoms with Crippen LogP contribution in [-0.4, -0.2) is 40.1 Å². The third-order valence-corrected chi connectivity index (χ3v) is 5.82. The number of amides is 1. The maximum absolute atomic E-state index is 12.5. The Morgan fingerprint density at radius 3 is 2.63 bits per heavy atom. The van der Waals surface area contributed by atoms with Gasteiger partial charge in [-0.2, -0.15) is 0 Å². The molecule has 3 aromatic rings. The zero-order chi connectivity index (χ0) is 21.1. The number of likely N-dealkylation sites (tertiary alicyclic amines) is 1. The lowest BCUT2D eigenvalue weighted by Gasteiger charge is -2.17. The lowest BCUT2D eigenvalue weighted by Crippen LogP contribution is -2.26. The zero-order valence-corrected chi connectivity index (χ0v) is 18.2. The molecule has 0 radical (unpaired) electrons. The van der Waals surface area contributed by atoms with Gasteiger partial charge in [-0.25, -0.2) is 4.98 Å². The minimum atomic E-state index is 0.142. The quantitative estimate of drug-likeness (QED) is 0.538. The Morgan fingerprint density at radius 1 is 1.10 bits per heavy atom. The minimum Gasteiger partial charge on any atom is -0.492 e. The fourth-order valence-corrected chi connectivity index (χ4v) is 4.42. The second kappa shape index (κ2) is 8.90. The number of benzene rings is 2. The lowest BCUT2D eigenvalue weighted by molar-refractivity contribution is -0.127. The van der Waals surface area contributed by atoms with E-state index in [9.17, 15) is 4.79 Å². The molecule has 1 saturated heterocycles. The molecule has 1 amide bonds. The summed E-state index contributed by atoms with van der Waals surface area (Å²) in [7, 11) is 0. The Labute approximate surface area is 178 Å². The predicted molar refractivity (Wildman–Crippen MR) is 120 cm³/mol. The van der Waals surface area contributed by atoms with E-state index in [1.807, 2.05) is 23.1 Å². The number of aryl methyl sites for hydroxylation is 2. The van der Waals surface area contributed by atoms with Crippen molar-refractivity contribution < 1.29 is 9.53 Å². The number of hydrogen-bond donors (Lipinski definition) is 0. The molecule has 1 atom stereocenters. The van der Waals surface area contributed by atoms with Crippen molar-refractivity contribution in [1.29, 1.82) is 0 Å². The average molecular weight is 406 g/mol. The fraction of sp³-hybridized carbons (Fsp3) is 0.440. The van der Waals surface area contributed by atoms with Crippen molar-refractivity contribution in [1.82, 2.24) is 14.5 Å². The van der Waals surface area contributed by atoms with Crippen molar-refractivity contribution in [3.63, 3.8) is 0 Å². The molecule has 0 bridgehead atoms. The maximum atomic E-state index is 12.5. The molecule has 1 aliphatic heterocycles. The third-order valence-electron chi connectivity index (χ3n) is 5.82. The third kappa shape index (κ3) is 4.35. The van der Waals surface area contributed by atoms with Crippen LogP contribution in [0.15, 0.2) is 42.5 Å². The van der Waals surface area contributed by atoms with Gasteiger partial charge in [0.2, 0.25) is 5.91 Å². The zero-order valence-electron chi connectivity index (χ0n) is 18.2. The Hall–Kier alpha value is -2.82. The van der Waals surface area contributed by atoms with Crippen LogP contribution in [0.4, 0.5) is 0 Å². The monoisotopic (exact) mass is 405 g/mol. The number of unbranched alkanes of at least 4 members (excludes halogenated alkanes) is 1. The highest BCUT2D eigenvalue weighted by Crippen LogP contribution is 2.30. The van der Waals surface area contributed by atoms with Crippen molar-refractivity contribution in [3.8, 4) is 5.75 Å². The van der Waals surface area contributed by atoms with E-state index in [1.165, 1.54) is 11.1 Å². The number of ether oxygens (including phenoxy) is 1. The number of carbonyl (C=O) groups excluding carboxylic acids is 1. The van der Waals surface area contributed by atoms with Crippen molar-refractivity contribution in [2.45, 2.75) is 52.5 Å². The van der Waals surface area contributed by atoms with Crippen LogP contribution in [0.5, 0.6) is 5.75 Å². The average Bonchev–Trinajstić information content (AvgIpc) is 3.26. The van der Waals surface area contributed by atoms with Gasteiger partial charge in [-0.05, 0) is 55.7 Å². The number of nitrogens with zero attached hydrogens (tertiary/aromatic N) is 3. The first-order valence-electron chi connectivity index (χ1n) is 11.0. The number of aromatic nitrogens is 2. The summed E-state index contributed by atoms with van der Waals surface area (Å²) < 4.78 is 8.33. The van der Waals surface area contributed by atoms with Crippen molar-refractivity contribution in [3.05, 3.63) is 59.4 Å². The van der Waals surface area contributed by atoms with Crippen LogP contribution in [0.1, 0.15) is 49.1 Å². The molecule has 5 heteroatoms. The summed E-state index contributed by atoms with van der Waals surface area (Å²) in [5.41, 5.74) is 4.50. The summed E-state index contributed by atoms with van der Waals surface area (Å²) in [6, 6.07) is 14.5. The SMILES string of the molecule is CCCCN1C[C@H](c2nc3ccccc3n2CCOc2cc(C)cc(C)c2)CC1=O. The van der Waals surface area contributed by atoms with E-state index >= 15 is 0 Å². The van der Waals surface area contributed by atoms with E-state index in [0.29, 0.717) is 19.6 Å². The van der Waals surface area contributed by atoms with Crippen molar-refractivity contribution in [2.75, 3.05) is 19.7 Å².